The molecule has 0 spiro atoms. The van der Waals surface area contributed by atoms with Crippen molar-refractivity contribution in [3.63, 3.8) is 0 Å². The minimum atomic E-state index is 0.564. The van der Waals surface area contributed by atoms with E-state index in [4.69, 9.17) is 0 Å². The average molecular weight is 242 g/mol. The highest BCUT2D eigenvalue weighted by atomic mass is 14.9. The van der Waals surface area contributed by atoms with Crippen LogP contribution in [0.1, 0.15) is 32.8 Å². The summed E-state index contributed by atoms with van der Waals surface area (Å²) < 4.78 is 0. The first kappa shape index (κ1) is 13.0. The minimum absolute atomic E-state index is 0.564. The highest BCUT2D eigenvalue weighted by molar-refractivity contribution is 5.78. The second-order valence-corrected chi connectivity index (χ2v) is 5.44. The van der Waals surface area contributed by atoms with Crippen molar-refractivity contribution in [3.8, 4) is 0 Å². The summed E-state index contributed by atoms with van der Waals surface area (Å²) in [4.78, 5) is 4.34. The van der Waals surface area contributed by atoms with Gasteiger partial charge in [0.2, 0.25) is 0 Å². The maximum atomic E-state index is 4.34. The fourth-order valence-corrected chi connectivity index (χ4v) is 2.32. The molecule has 1 heterocycles. The number of hydrogen-bond donors (Lipinski definition) is 1. The summed E-state index contributed by atoms with van der Waals surface area (Å²) in [5.74, 6) is 0.744. The normalized spacial score (nSPS) is 13.1. The van der Waals surface area contributed by atoms with E-state index >= 15 is 0 Å². The zero-order valence-corrected chi connectivity index (χ0v) is 11.5. The first-order valence-corrected chi connectivity index (χ1v) is 6.72. The van der Waals surface area contributed by atoms with Crippen molar-refractivity contribution in [2.45, 2.75) is 39.8 Å². The predicted octanol–water partition coefficient (Wildman–Crippen LogP) is 3.76. The Hall–Kier alpha value is -1.41. The van der Waals surface area contributed by atoms with Gasteiger partial charge in [-0.1, -0.05) is 26.0 Å². The average Bonchev–Trinajstić information content (AvgIpc) is 2.35. The van der Waals surface area contributed by atoms with E-state index in [1.54, 1.807) is 0 Å². The molecule has 2 heteroatoms. The highest BCUT2D eigenvalue weighted by Crippen LogP contribution is 2.13. The molecule has 1 unspecified atom stereocenters. The Bertz CT molecular complexity index is 505. The zero-order valence-electron chi connectivity index (χ0n) is 11.5. The summed E-state index contributed by atoms with van der Waals surface area (Å²) in [6.07, 6.45) is 3.06. The van der Waals surface area contributed by atoms with Crippen LogP contribution in [-0.2, 0) is 6.54 Å². The molecule has 1 aromatic carbocycles. The maximum absolute atomic E-state index is 4.34. The second kappa shape index (κ2) is 5.96. The van der Waals surface area contributed by atoms with Crippen LogP contribution < -0.4 is 5.32 Å². The molecule has 0 fully saturated rings. The number of hydrogen-bond acceptors (Lipinski definition) is 2. The van der Waals surface area contributed by atoms with Crippen molar-refractivity contribution in [3.05, 3.63) is 42.1 Å². The van der Waals surface area contributed by atoms with Gasteiger partial charge in [-0.15, -0.1) is 0 Å². The van der Waals surface area contributed by atoms with E-state index < -0.39 is 0 Å². The van der Waals surface area contributed by atoms with Crippen LogP contribution in [0, 0.1) is 5.92 Å². The predicted molar refractivity (Wildman–Crippen MR) is 77.5 cm³/mol. The van der Waals surface area contributed by atoms with Crippen LogP contribution in [0.2, 0.25) is 0 Å². The summed E-state index contributed by atoms with van der Waals surface area (Å²) >= 11 is 0. The third kappa shape index (κ3) is 3.54. The molecule has 2 nitrogen and oxygen atoms in total. The quantitative estimate of drug-likeness (QED) is 0.863. The molecule has 1 N–H and O–H groups in total. The molecule has 1 aromatic heterocycles. The summed E-state index contributed by atoms with van der Waals surface area (Å²) in [6.45, 7) is 7.71. The molecule has 2 rings (SSSR count). The fourth-order valence-electron chi connectivity index (χ4n) is 2.32. The SMILES string of the molecule is CC(C)CC(C)NCc1ccc2ncccc2c1. The fraction of sp³-hybridized carbons (Fsp3) is 0.438. The Morgan fingerprint density at radius 2 is 2.00 bits per heavy atom. The number of pyridine rings is 1. The highest BCUT2D eigenvalue weighted by Gasteiger charge is 2.04. The van der Waals surface area contributed by atoms with Gasteiger partial charge in [-0.25, -0.2) is 0 Å². The first-order valence-electron chi connectivity index (χ1n) is 6.72. The number of nitrogens with one attached hydrogen (secondary N) is 1. The standard InChI is InChI=1S/C16H22N2/c1-12(2)9-13(3)18-11-14-6-7-16-15(10-14)5-4-8-17-16/h4-8,10,12-13,18H,9,11H2,1-3H3. The molecule has 0 radical (unpaired) electrons. The lowest BCUT2D eigenvalue weighted by Crippen LogP contribution is -2.26. The molecule has 0 saturated heterocycles. The molecular formula is C16H22N2. The van der Waals surface area contributed by atoms with Gasteiger partial charge < -0.3 is 5.32 Å². The molecule has 0 bridgehead atoms. The molecule has 96 valence electrons. The molecule has 0 aliphatic rings. The molecule has 0 aliphatic heterocycles. The summed E-state index contributed by atoms with van der Waals surface area (Å²) in [6, 6.07) is 11.1. The molecule has 0 aliphatic carbocycles. The van der Waals surface area contributed by atoms with Crippen molar-refractivity contribution in [2.75, 3.05) is 0 Å². The van der Waals surface area contributed by atoms with Crippen LogP contribution in [0.15, 0.2) is 36.5 Å². The number of benzene rings is 1. The van der Waals surface area contributed by atoms with Gasteiger partial charge in [0.15, 0.2) is 0 Å². The van der Waals surface area contributed by atoms with Gasteiger partial charge in [-0.3, -0.25) is 4.98 Å². The number of aromatic nitrogens is 1. The molecular weight excluding hydrogens is 220 g/mol. The van der Waals surface area contributed by atoms with Crippen LogP contribution in [0.25, 0.3) is 10.9 Å². The molecule has 2 aromatic rings. The van der Waals surface area contributed by atoms with Gasteiger partial charge in [0.1, 0.15) is 0 Å². The van der Waals surface area contributed by atoms with Crippen LogP contribution in [-0.4, -0.2) is 11.0 Å². The van der Waals surface area contributed by atoms with Crippen molar-refractivity contribution in [1.29, 1.82) is 0 Å². The van der Waals surface area contributed by atoms with Gasteiger partial charge in [-0.05, 0) is 43.0 Å². The van der Waals surface area contributed by atoms with E-state index in [2.05, 4.69) is 55.3 Å². The maximum Gasteiger partial charge on any atom is 0.0702 e. The minimum Gasteiger partial charge on any atom is -0.310 e. The summed E-state index contributed by atoms with van der Waals surface area (Å²) in [5, 5.41) is 4.79. The van der Waals surface area contributed by atoms with Gasteiger partial charge in [0, 0.05) is 24.2 Å². The van der Waals surface area contributed by atoms with Crippen molar-refractivity contribution in [2.24, 2.45) is 5.92 Å². The first-order chi connectivity index (χ1) is 8.65. The Morgan fingerprint density at radius 3 is 2.78 bits per heavy atom. The molecule has 18 heavy (non-hydrogen) atoms. The van der Waals surface area contributed by atoms with Crippen molar-refractivity contribution >= 4 is 10.9 Å². The van der Waals surface area contributed by atoms with Gasteiger partial charge in [0.25, 0.3) is 0 Å². The Labute approximate surface area is 109 Å². The smallest absolute Gasteiger partial charge is 0.0702 e. The van der Waals surface area contributed by atoms with Crippen molar-refractivity contribution in [1.82, 2.24) is 10.3 Å². The molecule has 1 atom stereocenters. The van der Waals surface area contributed by atoms with Crippen LogP contribution in [0.5, 0.6) is 0 Å². The Kier molecular flexibility index (Phi) is 4.32. The van der Waals surface area contributed by atoms with Crippen LogP contribution in [0.4, 0.5) is 0 Å². The van der Waals surface area contributed by atoms with Crippen LogP contribution >= 0.6 is 0 Å². The monoisotopic (exact) mass is 242 g/mol. The largest absolute Gasteiger partial charge is 0.310 e. The lowest BCUT2D eigenvalue weighted by molar-refractivity contribution is 0.441. The van der Waals surface area contributed by atoms with E-state index in [-0.39, 0.29) is 0 Å². The third-order valence-electron chi connectivity index (χ3n) is 3.15. The van der Waals surface area contributed by atoms with E-state index in [1.165, 1.54) is 17.4 Å². The summed E-state index contributed by atoms with van der Waals surface area (Å²) in [7, 11) is 0. The Balaban J connectivity index is 1.99. The number of nitrogens with zero attached hydrogens (tertiary/aromatic N) is 1. The third-order valence-corrected chi connectivity index (χ3v) is 3.15. The van der Waals surface area contributed by atoms with Gasteiger partial charge in [-0.2, -0.15) is 0 Å². The number of fused-ring (bicyclic) bond motifs is 1. The topological polar surface area (TPSA) is 24.9 Å². The van der Waals surface area contributed by atoms with E-state index in [0.717, 1.165) is 18.0 Å². The molecule has 0 amide bonds. The lowest BCUT2D eigenvalue weighted by Gasteiger charge is -2.16. The Morgan fingerprint density at radius 1 is 1.17 bits per heavy atom. The van der Waals surface area contributed by atoms with Crippen molar-refractivity contribution < 1.29 is 0 Å². The van der Waals surface area contributed by atoms with Gasteiger partial charge in [0.05, 0.1) is 5.52 Å². The van der Waals surface area contributed by atoms with E-state index in [9.17, 15) is 0 Å². The van der Waals surface area contributed by atoms with E-state index in [0.29, 0.717) is 6.04 Å². The summed E-state index contributed by atoms with van der Waals surface area (Å²) in [5.41, 5.74) is 2.39. The van der Waals surface area contributed by atoms with Gasteiger partial charge >= 0.3 is 0 Å². The second-order valence-electron chi connectivity index (χ2n) is 5.44. The number of rotatable bonds is 5. The van der Waals surface area contributed by atoms with E-state index in [1.807, 2.05) is 12.3 Å². The van der Waals surface area contributed by atoms with Crippen LogP contribution in [0.3, 0.4) is 0 Å². The zero-order chi connectivity index (χ0) is 13.0. The molecule has 0 saturated carbocycles. The lowest BCUT2D eigenvalue weighted by atomic mass is 10.0.